The minimum Gasteiger partial charge on any atom is -0.401 e. The predicted octanol–water partition coefficient (Wildman–Crippen LogP) is 2.77. The van der Waals surface area contributed by atoms with E-state index in [9.17, 15) is 14.9 Å². The zero-order valence-corrected chi connectivity index (χ0v) is 10.6. The number of aromatic nitrogens is 1. The van der Waals surface area contributed by atoms with Crippen molar-refractivity contribution in [3.63, 3.8) is 0 Å². The molecule has 2 aromatic rings. The molecule has 0 fully saturated rings. The molecule has 98 valence electrons. The van der Waals surface area contributed by atoms with Crippen molar-refractivity contribution >= 4 is 40.5 Å². The van der Waals surface area contributed by atoms with Crippen LogP contribution in [0.2, 0.25) is 0 Å². The van der Waals surface area contributed by atoms with Crippen molar-refractivity contribution in [2.45, 2.75) is 6.92 Å². The summed E-state index contributed by atoms with van der Waals surface area (Å²) >= 11 is 1.15. The molecular formula is C11H9N3O4S. The van der Waals surface area contributed by atoms with Crippen molar-refractivity contribution in [2.24, 2.45) is 0 Å². The van der Waals surface area contributed by atoms with Crippen molar-refractivity contribution in [3.8, 4) is 0 Å². The number of furan rings is 1. The van der Waals surface area contributed by atoms with Gasteiger partial charge in [-0.05, 0) is 29.8 Å². The summed E-state index contributed by atoms with van der Waals surface area (Å²) in [6, 6.07) is 4.47. The lowest BCUT2D eigenvalue weighted by Gasteiger charge is -1.91. The highest BCUT2D eigenvalue weighted by atomic mass is 32.1. The third-order valence-electron chi connectivity index (χ3n) is 2.04. The second-order valence-electron chi connectivity index (χ2n) is 3.56. The monoisotopic (exact) mass is 279 g/mol. The van der Waals surface area contributed by atoms with E-state index >= 15 is 0 Å². The maximum Gasteiger partial charge on any atom is 0.433 e. The maximum absolute atomic E-state index is 10.8. The topological polar surface area (TPSA) is 98.3 Å². The number of carbonyl (C=O) groups excluding carboxylic acids is 1. The SMILES string of the molecule is CC(=O)Nc1cc(/C=C\c2ccc([N+](=O)[O-])o2)ns1. The van der Waals surface area contributed by atoms with Crippen LogP contribution in [0.3, 0.4) is 0 Å². The average Bonchev–Trinajstić information content (AvgIpc) is 2.94. The van der Waals surface area contributed by atoms with Crippen LogP contribution in [0.5, 0.6) is 0 Å². The van der Waals surface area contributed by atoms with Gasteiger partial charge in [0.15, 0.2) is 0 Å². The Morgan fingerprint density at radius 3 is 2.95 bits per heavy atom. The molecule has 19 heavy (non-hydrogen) atoms. The molecule has 0 spiro atoms. The predicted molar refractivity (Wildman–Crippen MR) is 70.7 cm³/mol. The highest BCUT2D eigenvalue weighted by molar-refractivity contribution is 7.10. The molecule has 2 heterocycles. The lowest BCUT2D eigenvalue weighted by molar-refractivity contribution is -0.402. The van der Waals surface area contributed by atoms with Crippen LogP contribution in [0, 0.1) is 10.1 Å². The lowest BCUT2D eigenvalue weighted by Crippen LogP contribution is -2.03. The van der Waals surface area contributed by atoms with Gasteiger partial charge in [0.2, 0.25) is 5.91 Å². The number of nitro groups is 1. The molecule has 2 rings (SSSR count). The fraction of sp³-hybridized carbons (Fsp3) is 0.0909. The van der Waals surface area contributed by atoms with E-state index in [-0.39, 0.29) is 11.8 Å². The Labute approximate surface area is 111 Å². The molecule has 0 aliphatic rings. The van der Waals surface area contributed by atoms with Gasteiger partial charge in [0.1, 0.15) is 15.7 Å². The van der Waals surface area contributed by atoms with Gasteiger partial charge < -0.3 is 9.73 Å². The largest absolute Gasteiger partial charge is 0.433 e. The second-order valence-corrected chi connectivity index (χ2v) is 4.37. The Balaban J connectivity index is 2.07. The van der Waals surface area contributed by atoms with E-state index in [1.807, 2.05) is 0 Å². The average molecular weight is 279 g/mol. The summed E-state index contributed by atoms with van der Waals surface area (Å²) < 4.78 is 9.05. The van der Waals surface area contributed by atoms with Gasteiger partial charge in [-0.1, -0.05) is 0 Å². The molecule has 0 bridgehead atoms. The van der Waals surface area contributed by atoms with Crippen LogP contribution >= 0.6 is 11.5 Å². The van der Waals surface area contributed by atoms with E-state index in [1.54, 1.807) is 18.2 Å². The van der Waals surface area contributed by atoms with E-state index < -0.39 is 4.92 Å². The highest BCUT2D eigenvalue weighted by Gasteiger charge is 2.09. The molecule has 0 unspecified atom stereocenters. The summed E-state index contributed by atoms with van der Waals surface area (Å²) in [6.07, 6.45) is 3.21. The Morgan fingerprint density at radius 1 is 1.53 bits per heavy atom. The summed E-state index contributed by atoms with van der Waals surface area (Å²) in [4.78, 5) is 20.7. The van der Waals surface area contributed by atoms with Crippen molar-refractivity contribution in [2.75, 3.05) is 5.32 Å². The number of hydrogen-bond donors (Lipinski definition) is 1. The quantitative estimate of drug-likeness (QED) is 0.685. The number of nitrogens with zero attached hydrogens (tertiary/aromatic N) is 2. The normalized spacial score (nSPS) is 10.8. The van der Waals surface area contributed by atoms with Crippen molar-refractivity contribution in [1.29, 1.82) is 0 Å². The van der Waals surface area contributed by atoms with Crippen LogP contribution < -0.4 is 5.32 Å². The Bertz CT molecular complexity index is 644. The molecule has 7 nitrogen and oxygen atoms in total. The third kappa shape index (κ3) is 3.49. The zero-order chi connectivity index (χ0) is 13.8. The van der Waals surface area contributed by atoms with Crippen LogP contribution in [0.25, 0.3) is 12.2 Å². The number of rotatable bonds is 4. The smallest absolute Gasteiger partial charge is 0.401 e. The van der Waals surface area contributed by atoms with Crippen LogP contribution in [-0.2, 0) is 4.79 Å². The van der Waals surface area contributed by atoms with Crippen molar-refractivity contribution in [1.82, 2.24) is 4.37 Å². The van der Waals surface area contributed by atoms with Crippen LogP contribution in [0.4, 0.5) is 10.9 Å². The van der Waals surface area contributed by atoms with E-state index in [4.69, 9.17) is 4.42 Å². The van der Waals surface area contributed by atoms with Crippen LogP contribution in [0.15, 0.2) is 22.6 Å². The number of anilines is 1. The van der Waals surface area contributed by atoms with Gasteiger partial charge in [0.05, 0.1) is 11.8 Å². The fourth-order valence-corrected chi connectivity index (χ4v) is 1.98. The first-order chi connectivity index (χ1) is 9.04. The minimum absolute atomic E-state index is 0.166. The first kappa shape index (κ1) is 13.0. The van der Waals surface area contributed by atoms with Crippen molar-refractivity contribution in [3.05, 3.63) is 39.8 Å². The molecule has 0 saturated heterocycles. The molecule has 0 atom stereocenters. The van der Waals surface area contributed by atoms with Gasteiger partial charge in [0, 0.05) is 13.0 Å². The summed E-state index contributed by atoms with van der Waals surface area (Å²) in [5.74, 6) is -0.113. The van der Waals surface area contributed by atoms with Crippen LogP contribution in [0.1, 0.15) is 18.4 Å². The summed E-state index contributed by atoms with van der Waals surface area (Å²) in [5, 5.41) is 13.7. The third-order valence-corrected chi connectivity index (χ3v) is 2.76. The molecule has 0 saturated carbocycles. The number of nitrogens with one attached hydrogen (secondary N) is 1. The number of hydrogen-bond acceptors (Lipinski definition) is 6. The standard InChI is InChI=1S/C11H9N3O4S/c1-7(15)12-10-6-8(13-19-10)2-3-9-4-5-11(18-9)14(16)17/h2-6H,1H3,(H,12,15)/b3-2-. The molecule has 8 heteroatoms. The molecule has 0 radical (unpaired) electrons. The first-order valence-electron chi connectivity index (χ1n) is 5.21. The molecule has 1 amide bonds. The van der Waals surface area contributed by atoms with Gasteiger partial charge in [-0.25, -0.2) is 0 Å². The second kappa shape index (κ2) is 5.44. The van der Waals surface area contributed by atoms with Gasteiger partial charge in [-0.15, -0.1) is 0 Å². The molecule has 1 N–H and O–H groups in total. The summed E-state index contributed by atoms with van der Waals surface area (Å²) in [7, 11) is 0. The van der Waals surface area contributed by atoms with Gasteiger partial charge in [-0.3, -0.25) is 14.9 Å². The minimum atomic E-state index is -0.602. The van der Waals surface area contributed by atoms with E-state index in [1.165, 1.54) is 19.1 Å². The number of carbonyl (C=O) groups is 1. The van der Waals surface area contributed by atoms with Gasteiger partial charge >= 0.3 is 5.88 Å². The summed E-state index contributed by atoms with van der Waals surface area (Å²) in [6.45, 7) is 1.41. The molecule has 0 aromatic carbocycles. The summed E-state index contributed by atoms with van der Waals surface area (Å²) in [5.41, 5.74) is 0.632. The van der Waals surface area contributed by atoms with E-state index in [2.05, 4.69) is 9.69 Å². The molecule has 2 aromatic heterocycles. The van der Waals surface area contributed by atoms with E-state index in [0.29, 0.717) is 16.5 Å². The molecule has 0 aliphatic carbocycles. The number of amides is 1. The Hall–Kier alpha value is -2.48. The Kier molecular flexibility index (Phi) is 3.71. The zero-order valence-electron chi connectivity index (χ0n) is 9.82. The first-order valence-corrected chi connectivity index (χ1v) is 5.98. The van der Waals surface area contributed by atoms with Crippen molar-refractivity contribution < 1.29 is 14.1 Å². The van der Waals surface area contributed by atoms with E-state index in [0.717, 1.165) is 11.5 Å². The molecule has 0 aliphatic heterocycles. The van der Waals surface area contributed by atoms with Crippen LogP contribution in [-0.4, -0.2) is 15.2 Å². The highest BCUT2D eigenvalue weighted by Crippen LogP contribution is 2.20. The maximum atomic E-state index is 10.8. The van der Waals surface area contributed by atoms with Gasteiger partial charge in [-0.2, -0.15) is 4.37 Å². The van der Waals surface area contributed by atoms with Gasteiger partial charge in [0.25, 0.3) is 0 Å². The lowest BCUT2D eigenvalue weighted by atomic mass is 10.3. The molecular weight excluding hydrogens is 270 g/mol. The fourth-order valence-electron chi connectivity index (χ4n) is 1.30. The Morgan fingerprint density at radius 2 is 2.32 bits per heavy atom.